The summed E-state index contributed by atoms with van der Waals surface area (Å²) in [6.45, 7) is 0.768. The summed E-state index contributed by atoms with van der Waals surface area (Å²) < 4.78 is 0. The van der Waals surface area contributed by atoms with Crippen LogP contribution in [0.2, 0.25) is 0 Å². The monoisotopic (exact) mass is 226 g/mol. The number of hydrogen-bond donors (Lipinski definition) is 3. The summed E-state index contributed by atoms with van der Waals surface area (Å²) in [6, 6.07) is 0.920. The molecule has 2 unspecified atom stereocenters. The van der Waals surface area contributed by atoms with Gasteiger partial charge >= 0.3 is 0 Å². The highest BCUT2D eigenvalue weighted by Crippen LogP contribution is 2.27. The second-order valence-electron chi connectivity index (χ2n) is 5.79. The van der Waals surface area contributed by atoms with Crippen LogP contribution in [0.4, 0.5) is 0 Å². The van der Waals surface area contributed by atoms with Crippen LogP contribution in [0.25, 0.3) is 0 Å². The summed E-state index contributed by atoms with van der Waals surface area (Å²) in [5.41, 5.74) is 5.45. The van der Waals surface area contributed by atoms with Crippen molar-refractivity contribution in [2.45, 2.75) is 75.5 Å². The van der Waals surface area contributed by atoms with E-state index in [1.165, 1.54) is 32.1 Å². The molecule has 94 valence electrons. The summed E-state index contributed by atoms with van der Waals surface area (Å²) in [5.74, 6) is 0. The third-order valence-corrected chi connectivity index (χ3v) is 4.23. The summed E-state index contributed by atoms with van der Waals surface area (Å²) in [5, 5.41) is 14.0. The van der Waals surface area contributed by atoms with Crippen molar-refractivity contribution >= 4 is 0 Å². The molecule has 0 aromatic rings. The highest BCUT2D eigenvalue weighted by Gasteiger charge is 2.30. The Morgan fingerprint density at radius 3 is 2.38 bits per heavy atom. The van der Waals surface area contributed by atoms with Gasteiger partial charge in [-0.3, -0.25) is 0 Å². The Morgan fingerprint density at radius 2 is 1.81 bits per heavy atom. The van der Waals surface area contributed by atoms with E-state index in [-0.39, 0.29) is 0 Å². The Morgan fingerprint density at radius 1 is 1.12 bits per heavy atom. The lowest BCUT2D eigenvalue weighted by Crippen LogP contribution is -2.43. The second kappa shape index (κ2) is 5.48. The molecule has 2 atom stereocenters. The van der Waals surface area contributed by atoms with Gasteiger partial charge in [-0.05, 0) is 32.1 Å². The first-order valence-electron chi connectivity index (χ1n) is 6.89. The predicted molar refractivity (Wildman–Crippen MR) is 66.3 cm³/mol. The highest BCUT2D eigenvalue weighted by molar-refractivity contribution is 4.88. The Bertz CT molecular complexity index is 212. The van der Waals surface area contributed by atoms with Gasteiger partial charge in [-0.1, -0.05) is 25.7 Å². The summed E-state index contributed by atoms with van der Waals surface area (Å²) >= 11 is 0. The van der Waals surface area contributed by atoms with Gasteiger partial charge in [0.15, 0.2) is 0 Å². The van der Waals surface area contributed by atoms with Crippen LogP contribution < -0.4 is 11.1 Å². The minimum atomic E-state index is -0.441. The number of rotatable bonds is 3. The van der Waals surface area contributed by atoms with Gasteiger partial charge in [0.1, 0.15) is 0 Å². The molecule has 2 saturated carbocycles. The van der Waals surface area contributed by atoms with E-state index in [2.05, 4.69) is 5.32 Å². The molecule has 0 bridgehead atoms. The smallest absolute Gasteiger partial charge is 0.0771 e. The third-order valence-electron chi connectivity index (χ3n) is 4.23. The van der Waals surface area contributed by atoms with E-state index in [9.17, 15) is 5.11 Å². The van der Waals surface area contributed by atoms with Crippen LogP contribution in [0.3, 0.4) is 0 Å². The number of nitrogens with two attached hydrogens (primary N) is 1. The van der Waals surface area contributed by atoms with Crippen LogP contribution in [0, 0.1) is 0 Å². The van der Waals surface area contributed by atoms with E-state index in [1.54, 1.807) is 0 Å². The summed E-state index contributed by atoms with van der Waals surface area (Å²) in [4.78, 5) is 0. The van der Waals surface area contributed by atoms with E-state index in [4.69, 9.17) is 5.73 Å². The lowest BCUT2D eigenvalue weighted by Gasteiger charge is -2.28. The SMILES string of the molecule is NC1CCC(NCC2(O)CCCCCC2)C1. The van der Waals surface area contributed by atoms with Gasteiger partial charge in [0, 0.05) is 18.6 Å². The zero-order valence-electron chi connectivity index (χ0n) is 10.3. The minimum absolute atomic E-state index is 0.376. The Kier molecular flexibility index (Phi) is 4.22. The first kappa shape index (κ1) is 12.3. The zero-order chi connectivity index (χ0) is 11.4. The summed E-state index contributed by atoms with van der Waals surface area (Å²) in [7, 11) is 0. The van der Waals surface area contributed by atoms with E-state index in [0.29, 0.717) is 12.1 Å². The standard InChI is InChI=1S/C13H26N2O/c14-11-5-6-12(9-11)15-10-13(16)7-3-1-2-4-8-13/h11-12,15-16H,1-10,14H2. The maximum absolute atomic E-state index is 10.5. The Balaban J connectivity index is 1.74. The molecule has 16 heavy (non-hydrogen) atoms. The summed E-state index contributed by atoms with van der Waals surface area (Å²) in [6.07, 6.45) is 10.3. The van der Waals surface area contributed by atoms with Crippen LogP contribution in [0.1, 0.15) is 57.8 Å². The van der Waals surface area contributed by atoms with E-state index in [1.807, 2.05) is 0 Å². The van der Waals surface area contributed by atoms with Crippen molar-refractivity contribution in [1.29, 1.82) is 0 Å². The average molecular weight is 226 g/mol. The molecule has 3 heteroatoms. The van der Waals surface area contributed by atoms with Crippen molar-refractivity contribution in [3.8, 4) is 0 Å². The normalized spacial score (nSPS) is 34.9. The lowest BCUT2D eigenvalue weighted by molar-refractivity contribution is 0.0228. The van der Waals surface area contributed by atoms with Crippen molar-refractivity contribution in [3.05, 3.63) is 0 Å². The van der Waals surface area contributed by atoms with Gasteiger partial charge in [-0.15, -0.1) is 0 Å². The number of nitrogens with one attached hydrogen (secondary N) is 1. The van der Waals surface area contributed by atoms with E-state index < -0.39 is 5.60 Å². The van der Waals surface area contributed by atoms with Crippen molar-refractivity contribution < 1.29 is 5.11 Å². The third kappa shape index (κ3) is 3.44. The minimum Gasteiger partial charge on any atom is -0.389 e. The van der Waals surface area contributed by atoms with Crippen LogP contribution in [0.5, 0.6) is 0 Å². The molecule has 2 aliphatic carbocycles. The molecule has 0 heterocycles. The molecule has 4 N–H and O–H groups in total. The maximum atomic E-state index is 10.5. The molecule has 2 rings (SSSR count). The maximum Gasteiger partial charge on any atom is 0.0771 e. The van der Waals surface area contributed by atoms with E-state index in [0.717, 1.165) is 32.2 Å². The number of hydrogen-bond acceptors (Lipinski definition) is 3. The molecular formula is C13H26N2O. The molecule has 3 nitrogen and oxygen atoms in total. The van der Waals surface area contributed by atoms with Crippen molar-refractivity contribution in [3.63, 3.8) is 0 Å². The van der Waals surface area contributed by atoms with Crippen molar-refractivity contribution in [2.75, 3.05) is 6.54 Å². The van der Waals surface area contributed by atoms with Gasteiger partial charge in [-0.25, -0.2) is 0 Å². The Hall–Kier alpha value is -0.120. The first-order chi connectivity index (χ1) is 7.68. The molecule has 0 aliphatic heterocycles. The molecule has 0 aromatic heterocycles. The van der Waals surface area contributed by atoms with Gasteiger partial charge in [0.25, 0.3) is 0 Å². The molecule has 0 saturated heterocycles. The zero-order valence-corrected chi connectivity index (χ0v) is 10.3. The predicted octanol–water partition coefficient (Wildman–Crippen LogP) is 1.54. The Labute approximate surface area is 98.8 Å². The molecule has 0 radical (unpaired) electrons. The molecule has 0 spiro atoms. The van der Waals surface area contributed by atoms with Crippen LogP contribution in [-0.4, -0.2) is 29.3 Å². The quantitative estimate of drug-likeness (QED) is 0.640. The van der Waals surface area contributed by atoms with Crippen molar-refractivity contribution in [2.24, 2.45) is 5.73 Å². The molecule has 2 fully saturated rings. The number of aliphatic hydroxyl groups is 1. The topological polar surface area (TPSA) is 58.3 Å². The van der Waals surface area contributed by atoms with Crippen LogP contribution in [-0.2, 0) is 0 Å². The van der Waals surface area contributed by atoms with Crippen LogP contribution >= 0.6 is 0 Å². The fraction of sp³-hybridized carbons (Fsp3) is 1.00. The molecule has 2 aliphatic rings. The van der Waals surface area contributed by atoms with Crippen LogP contribution in [0.15, 0.2) is 0 Å². The fourth-order valence-corrected chi connectivity index (χ4v) is 3.10. The lowest BCUT2D eigenvalue weighted by atomic mass is 9.94. The van der Waals surface area contributed by atoms with Gasteiger partial charge < -0.3 is 16.2 Å². The second-order valence-corrected chi connectivity index (χ2v) is 5.79. The molecular weight excluding hydrogens is 200 g/mol. The fourth-order valence-electron chi connectivity index (χ4n) is 3.10. The van der Waals surface area contributed by atoms with Crippen molar-refractivity contribution in [1.82, 2.24) is 5.32 Å². The largest absolute Gasteiger partial charge is 0.389 e. The molecule has 0 aromatic carbocycles. The highest BCUT2D eigenvalue weighted by atomic mass is 16.3. The van der Waals surface area contributed by atoms with Gasteiger partial charge in [0.2, 0.25) is 0 Å². The van der Waals surface area contributed by atoms with Gasteiger partial charge in [0.05, 0.1) is 5.60 Å². The molecule has 0 amide bonds. The average Bonchev–Trinajstić information content (AvgIpc) is 2.54. The van der Waals surface area contributed by atoms with Gasteiger partial charge in [-0.2, -0.15) is 0 Å². The first-order valence-corrected chi connectivity index (χ1v) is 6.89. The van der Waals surface area contributed by atoms with E-state index >= 15 is 0 Å².